The molecule has 2 aromatic rings. The Hall–Kier alpha value is -0.590. The predicted octanol–water partition coefficient (Wildman–Crippen LogP) is -1.29. The third-order valence-corrected chi connectivity index (χ3v) is 2.36. The third kappa shape index (κ3) is 2.75. The summed E-state index contributed by atoms with van der Waals surface area (Å²) in [5, 5.41) is 1.56. The minimum atomic E-state index is -2.61. The van der Waals surface area contributed by atoms with E-state index in [1.165, 1.54) is 0 Å². The summed E-state index contributed by atoms with van der Waals surface area (Å²) in [5.41, 5.74) is 5.94. The van der Waals surface area contributed by atoms with Gasteiger partial charge in [-0.2, -0.15) is 0 Å². The first-order chi connectivity index (χ1) is 7.18. The molecule has 1 atom stereocenters. The fraction of sp³-hybridized carbons (Fsp3) is 0. The standard InChI is InChI=1S/C10H9NO3S.Na.H/c11-9-6-5-7-3-1-2-4-8(7)10(9)14-15(12)13;;/h1-6H,11H2,(H,12,13);;/q;+1;-1/p-1. The zero-order valence-electron chi connectivity index (χ0n) is 9.67. The van der Waals surface area contributed by atoms with E-state index in [0.29, 0.717) is 11.1 Å². The van der Waals surface area contributed by atoms with E-state index in [-0.39, 0.29) is 36.7 Å². The molecule has 0 aromatic heterocycles. The van der Waals surface area contributed by atoms with Gasteiger partial charge in [0, 0.05) is 5.39 Å². The number of fused-ring (bicyclic) bond motifs is 1. The molecule has 2 N–H and O–H groups in total. The van der Waals surface area contributed by atoms with Crippen LogP contribution in [0.25, 0.3) is 10.8 Å². The van der Waals surface area contributed by atoms with Crippen molar-refractivity contribution < 1.29 is 43.9 Å². The maximum Gasteiger partial charge on any atom is 1.00 e. The van der Waals surface area contributed by atoms with Gasteiger partial charge in [0.05, 0.1) is 5.69 Å². The van der Waals surface area contributed by atoms with Crippen LogP contribution in [0.1, 0.15) is 1.43 Å². The maximum atomic E-state index is 10.5. The Labute approximate surface area is 119 Å². The van der Waals surface area contributed by atoms with Crippen molar-refractivity contribution in [3.05, 3.63) is 36.4 Å². The minimum Gasteiger partial charge on any atom is -1.00 e. The van der Waals surface area contributed by atoms with E-state index in [4.69, 9.17) is 5.73 Å². The summed E-state index contributed by atoms with van der Waals surface area (Å²) in [4.78, 5) is 0. The molecule has 2 rings (SSSR count). The number of nitrogen functional groups attached to an aromatic ring is 1. The Bertz CT molecular complexity index is 538. The molecule has 0 saturated heterocycles. The number of hydrogen-bond acceptors (Lipinski definition) is 4. The van der Waals surface area contributed by atoms with Gasteiger partial charge in [-0.05, 0) is 11.5 Å². The van der Waals surface area contributed by atoms with E-state index >= 15 is 0 Å². The minimum absolute atomic E-state index is 0. The van der Waals surface area contributed by atoms with Crippen molar-refractivity contribution >= 4 is 27.8 Å². The second-order valence-electron chi connectivity index (χ2n) is 2.99. The summed E-state index contributed by atoms with van der Waals surface area (Å²) >= 11 is -2.61. The van der Waals surface area contributed by atoms with Crippen LogP contribution >= 0.6 is 0 Å². The topological polar surface area (TPSA) is 75.4 Å². The van der Waals surface area contributed by atoms with Gasteiger partial charge in [0.1, 0.15) is 11.4 Å². The molecule has 0 aliphatic heterocycles. The summed E-state index contributed by atoms with van der Waals surface area (Å²) in [6.45, 7) is 0. The Morgan fingerprint density at radius 2 is 1.94 bits per heavy atom. The van der Waals surface area contributed by atoms with Gasteiger partial charge in [0.15, 0.2) is 5.75 Å². The number of rotatable bonds is 2. The number of anilines is 1. The smallest absolute Gasteiger partial charge is 1.00 e. The fourth-order valence-electron chi connectivity index (χ4n) is 1.42. The summed E-state index contributed by atoms with van der Waals surface area (Å²) in [5.74, 6) is 0.182. The molecule has 0 fully saturated rings. The molecule has 0 aliphatic rings. The fourth-order valence-corrected chi connectivity index (χ4v) is 1.74. The van der Waals surface area contributed by atoms with Gasteiger partial charge in [0.2, 0.25) is 0 Å². The molecule has 6 heteroatoms. The van der Waals surface area contributed by atoms with E-state index in [9.17, 15) is 8.76 Å². The van der Waals surface area contributed by atoms with Crippen molar-refractivity contribution in [2.75, 3.05) is 5.73 Å². The molecule has 1 unspecified atom stereocenters. The van der Waals surface area contributed by atoms with Crippen LogP contribution in [0.5, 0.6) is 5.75 Å². The van der Waals surface area contributed by atoms with Gasteiger partial charge >= 0.3 is 29.6 Å². The third-order valence-electron chi connectivity index (χ3n) is 2.06. The van der Waals surface area contributed by atoms with Crippen molar-refractivity contribution in [2.45, 2.75) is 0 Å². The molecule has 0 aliphatic carbocycles. The Morgan fingerprint density at radius 3 is 2.62 bits per heavy atom. The Morgan fingerprint density at radius 1 is 1.25 bits per heavy atom. The van der Waals surface area contributed by atoms with Crippen molar-refractivity contribution in [2.24, 2.45) is 0 Å². The van der Waals surface area contributed by atoms with Crippen LogP contribution in [0.3, 0.4) is 0 Å². The Kier molecular flexibility index (Phi) is 4.76. The molecular formula is C10H9NNaO3S-. The first-order valence-corrected chi connectivity index (χ1v) is 5.23. The molecule has 0 spiro atoms. The zero-order chi connectivity index (χ0) is 10.8. The van der Waals surface area contributed by atoms with Crippen molar-refractivity contribution in [1.29, 1.82) is 0 Å². The number of hydrogen-bond donors (Lipinski definition) is 1. The largest absolute Gasteiger partial charge is 1.00 e. The van der Waals surface area contributed by atoms with Crippen molar-refractivity contribution in [3.63, 3.8) is 0 Å². The molecule has 2 aromatic carbocycles. The van der Waals surface area contributed by atoms with Crippen LogP contribution in [-0.2, 0) is 11.4 Å². The van der Waals surface area contributed by atoms with Gasteiger partial charge in [-0.15, -0.1) is 0 Å². The van der Waals surface area contributed by atoms with Crippen molar-refractivity contribution in [1.82, 2.24) is 0 Å². The summed E-state index contributed by atoms with van der Waals surface area (Å²) < 4.78 is 25.6. The first kappa shape index (κ1) is 13.5. The SMILES string of the molecule is Nc1ccc2ccccc2c1OS(=O)[O-].[H-].[Na+]. The number of benzene rings is 2. The molecule has 0 saturated carbocycles. The predicted molar refractivity (Wildman–Crippen MR) is 59.0 cm³/mol. The quantitative estimate of drug-likeness (QED) is 0.406. The van der Waals surface area contributed by atoms with Crippen LogP contribution in [0, 0.1) is 0 Å². The molecule has 0 heterocycles. The van der Waals surface area contributed by atoms with Crippen LogP contribution in [0.4, 0.5) is 5.69 Å². The monoisotopic (exact) mass is 246 g/mol. The van der Waals surface area contributed by atoms with Crippen molar-refractivity contribution in [3.8, 4) is 5.75 Å². The van der Waals surface area contributed by atoms with Gasteiger partial charge in [0.25, 0.3) is 0 Å². The zero-order valence-corrected chi connectivity index (χ0v) is 11.5. The van der Waals surface area contributed by atoms with E-state index in [1.807, 2.05) is 18.2 Å². The van der Waals surface area contributed by atoms with Gasteiger partial charge in [-0.3, -0.25) is 0 Å². The average molecular weight is 246 g/mol. The summed E-state index contributed by atoms with van der Waals surface area (Å²) in [6, 6.07) is 10.7. The van der Waals surface area contributed by atoms with E-state index in [1.54, 1.807) is 18.2 Å². The van der Waals surface area contributed by atoms with E-state index < -0.39 is 11.4 Å². The number of nitrogens with two attached hydrogens (primary N) is 1. The van der Waals surface area contributed by atoms with Crippen LogP contribution in [0.2, 0.25) is 0 Å². The van der Waals surface area contributed by atoms with E-state index in [0.717, 1.165) is 5.39 Å². The van der Waals surface area contributed by atoms with Gasteiger partial charge < -0.3 is 15.9 Å². The maximum absolute atomic E-state index is 10.5. The molecule has 0 bridgehead atoms. The van der Waals surface area contributed by atoms with Crippen LogP contribution < -0.4 is 39.5 Å². The molecule has 80 valence electrons. The van der Waals surface area contributed by atoms with Gasteiger partial charge in [-0.1, -0.05) is 30.3 Å². The summed E-state index contributed by atoms with van der Waals surface area (Å²) in [6.07, 6.45) is 0. The normalized spacial score (nSPS) is 11.8. The van der Waals surface area contributed by atoms with Gasteiger partial charge in [-0.25, -0.2) is 4.21 Å². The molecular weight excluding hydrogens is 237 g/mol. The first-order valence-electron chi connectivity index (χ1n) is 4.23. The van der Waals surface area contributed by atoms with E-state index in [2.05, 4.69) is 4.18 Å². The molecule has 0 radical (unpaired) electrons. The second-order valence-corrected chi connectivity index (χ2v) is 3.57. The average Bonchev–Trinajstić information content (AvgIpc) is 2.22. The molecule has 0 amide bonds. The molecule has 16 heavy (non-hydrogen) atoms. The Balaban J connectivity index is 0.00000128. The molecule has 4 nitrogen and oxygen atoms in total. The van der Waals surface area contributed by atoms with Crippen LogP contribution in [0.15, 0.2) is 36.4 Å². The summed E-state index contributed by atoms with van der Waals surface area (Å²) in [7, 11) is 0. The second kappa shape index (κ2) is 5.65. The van der Waals surface area contributed by atoms with Crippen LogP contribution in [-0.4, -0.2) is 8.76 Å².